The third-order valence-corrected chi connectivity index (χ3v) is 2.67. The van der Waals surface area contributed by atoms with Gasteiger partial charge in [-0.15, -0.1) is 0 Å². The quantitative estimate of drug-likeness (QED) is 0.677. The second-order valence-corrected chi connectivity index (χ2v) is 3.81. The van der Waals surface area contributed by atoms with Crippen LogP contribution in [0, 0.1) is 6.92 Å². The van der Waals surface area contributed by atoms with Crippen molar-refractivity contribution in [2.45, 2.75) is 25.9 Å². The molecule has 3 heteroatoms. The minimum atomic E-state index is -0.267. The molecule has 1 atom stereocenters. The second kappa shape index (κ2) is 3.42. The van der Waals surface area contributed by atoms with Gasteiger partial charge in [0.25, 0.3) is 0 Å². The third-order valence-electron chi connectivity index (χ3n) is 2.67. The lowest BCUT2D eigenvalue weighted by Gasteiger charge is -2.24. The summed E-state index contributed by atoms with van der Waals surface area (Å²) in [7, 11) is 0. The van der Waals surface area contributed by atoms with Gasteiger partial charge < -0.3 is 11.1 Å². The molecule has 0 saturated heterocycles. The van der Waals surface area contributed by atoms with Crippen molar-refractivity contribution in [2.75, 3.05) is 0 Å². The molecule has 1 unspecified atom stereocenters. The number of nitrogens with two attached hydrogens (primary N) is 1. The molecule has 74 valence electrons. The van der Waals surface area contributed by atoms with Crippen molar-refractivity contribution in [3.8, 4) is 0 Å². The van der Waals surface area contributed by atoms with E-state index in [0.717, 1.165) is 6.54 Å². The fourth-order valence-electron chi connectivity index (χ4n) is 1.84. The first-order valence-electron chi connectivity index (χ1n) is 4.78. The molecule has 0 aliphatic carbocycles. The maximum atomic E-state index is 11.0. The third kappa shape index (κ3) is 1.63. The zero-order valence-corrected chi connectivity index (χ0v) is 8.21. The number of fused-ring (bicyclic) bond motifs is 1. The predicted octanol–water partition coefficient (Wildman–Crippen LogP) is 0.495. The van der Waals surface area contributed by atoms with Crippen LogP contribution in [-0.4, -0.2) is 11.9 Å². The van der Waals surface area contributed by atoms with Gasteiger partial charge in [-0.25, -0.2) is 0 Å². The van der Waals surface area contributed by atoms with Crippen LogP contribution in [0.3, 0.4) is 0 Å². The van der Waals surface area contributed by atoms with Gasteiger partial charge in [0.2, 0.25) is 5.91 Å². The molecule has 14 heavy (non-hydrogen) atoms. The first-order chi connectivity index (χ1) is 6.66. The van der Waals surface area contributed by atoms with Gasteiger partial charge in [0.1, 0.15) is 0 Å². The summed E-state index contributed by atoms with van der Waals surface area (Å²) in [6.45, 7) is 2.80. The maximum absolute atomic E-state index is 11.0. The summed E-state index contributed by atoms with van der Waals surface area (Å²) in [6, 6.07) is 6.12. The van der Waals surface area contributed by atoms with E-state index in [0.29, 0.717) is 6.42 Å². The van der Waals surface area contributed by atoms with E-state index in [1.807, 2.05) is 0 Å². The zero-order valence-electron chi connectivity index (χ0n) is 8.21. The first-order valence-corrected chi connectivity index (χ1v) is 4.78. The largest absolute Gasteiger partial charge is 0.368 e. The average molecular weight is 190 g/mol. The Bertz CT molecular complexity index is 374. The van der Waals surface area contributed by atoms with E-state index >= 15 is 0 Å². The highest BCUT2D eigenvalue weighted by atomic mass is 16.1. The summed E-state index contributed by atoms with van der Waals surface area (Å²) in [5.74, 6) is -0.267. The number of carbonyl (C=O) groups is 1. The van der Waals surface area contributed by atoms with Crippen molar-refractivity contribution in [2.24, 2.45) is 5.73 Å². The SMILES string of the molecule is Cc1ccc2c(c1)CC(C(N)=O)NC2. The number of amides is 1. The normalized spacial score (nSPS) is 20.2. The van der Waals surface area contributed by atoms with Gasteiger partial charge in [-0.05, 0) is 24.5 Å². The van der Waals surface area contributed by atoms with Crippen LogP contribution in [0.15, 0.2) is 18.2 Å². The van der Waals surface area contributed by atoms with Gasteiger partial charge in [-0.1, -0.05) is 23.8 Å². The molecule has 0 radical (unpaired) electrons. The van der Waals surface area contributed by atoms with Gasteiger partial charge in [0.05, 0.1) is 6.04 Å². The number of hydrogen-bond donors (Lipinski definition) is 2. The van der Waals surface area contributed by atoms with Gasteiger partial charge in [0.15, 0.2) is 0 Å². The summed E-state index contributed by atoms with van der Waals surface area (Å²) in [6.07, 6.45) is 0.715. The minimum Gasteiger partial charge on any atom is -0.368 e. The van der Waals surface area contributed by atoms with Crippen molar-refractivity contribution >= 4 is 5.91 Å². The van der Waals surface area contributed by atoms with E-state index in [2.05, 4.69) is 30.4 Å². The van der Waals surface area contributed by atoms with Crippen molar-refractivity contribution in [1.82, 2.24) is 5.32 Å². The Morgan fingerprint density at radius 3 is 3.00 bits per heavy atom. The van der Waals surface area contributed by atoms with Crippen molar-refractivity contribution < 1.29 is 4.79 Å². The van der Waals surface area contributed by atoms with Crippen LogP contribution in [0.25, 0.3) is 0 Å². The summed E-state index contributed by atoms with van der Waals surface area (Å²) in [4.78, 5) is 11.0. The smallest absolute Gasteiger partial charge is 0.234 e. The van der Waals surface area contributed by atoms with Crippen molar-refractivity contribution in [1.29, 1.82) is 0 Å². The van der Waals surface area contributed by atoms with Gasteiger partial charge >= 0.3 is 0 Å². The molecule has 0 spiro atoms. The molecule has 1 amide bonds. The fourth-order valence-corrected chi connectivity index (χ4v) is 1.84. The molecule has 1 aromatic rings. The maximum Gasteiger partial charge on any atom is 0.234 e. The highest BCUT2D eigenvalue weighted by Crippen LogP contribution is 2.17. The summed E-state index contributed by atoms with van der Waals surface area (Å²) in [5.41, 5.74) is 9.01. The second-order valence-electron chi connectivity index (χ2n) is 3.81. The lowest BCUT2D eigenvalue weighted by Crippen LogP contribution is -2.45. The average Bonchev–Trinajstić information content (AvgIpc) is 2.16. The fraction of sp³-hybridized carbons (Fsp3) is 0.364. The molecule has 1 heterocycles. The Hall–Kier alpha value is -1.35. The van der Waals surface area contributed by atoms with E-state index in [1.54, 1.807) is 0 Å². The molecule has 0 bridgehead atoms. The topological polar surface area (TPSA) is 55.1 Å². The van der Waals surface area contributed by atoms with Crippen LogP contribution in [0.1, 0.15) is 16.7 Å². The molecule has 2 rings (SSSR count). The van der Waals surface area contributed by atoms with E-state index in [9.17, 15) is 4.79 Å². The van der Waals surface area contributed by atoms with Crippen LogP contribution < -0.4 is 11.1 Å². The Morgan fingerprint density at radius 2 is 2.29 bits per heavy atom. The molecular weight excluding hydrogens is 176 g/mol. The number of benzene rings is 1. The minimum absolute atomic E-state index is 0.204. The standard InChI is InChI=1S/C11H14N2O/c1-7-2-3-8-6-13-10(11(12)14)5-9(8)4-7/h2-4,10,13H,5-6H2,1H3,(H2,12,14). The molecule has 0 aromatic heterocycles. The Morgan fingerprint density at radius 1 is 1.50 bits per heavy atom. The summed E-state index contributed by atoms with van der Waals surface area (Å²) in [5, 5.41) is 3.12. The van der Waals surface area contributed by atoms with Gasteiger partial charge in [-0.3, -0.25) is 4.79 Å². The molecule has 0 fully saturated rings. The van der Waals surface area contributed by atoms with Crippen LogP contribution in [0.4, 0.5) is 0 Å². The Kier molecular flexibility index (Phi) is 2.25. The lowest BCUT2D eigenvalue weighted by atomic mass is 9.94. The molecule has 1 aliphatic rings. The number of aryl methyl sites for hydroxylation is 1. The molecular formula is C11H14N2O. The number of rotatable bonds is 1. The monoisotopic (exact) mass is 190 g/mol. The van der Waals surface area contributed by atoms with E-state index in [1.165, 1.54) is 16.7 Å². The molecule has 1 aliphatic heterocycles. The van der Waals surface area contributed by atoms with Crippen LogP contribution in [-0.2, 0) is 17.8 Å². The van der Waals surface area contributed by atoms with Gasteiger partial charge in [-0.2, -0.15) is 0 Å². The zero-order chi connectivity index (χ0) is 10.1. The first kappa shape index (κ1) is 9.21. The number of nitrogens with one attached hydrogen (secondary N) is 1. The van der Waals surface area contributed by atoms with Crippen LogP contribution in [0.5, 0.6) is 0 Å². The Balaban J connectivity index is 2.29. The number of hydrogen-bond acceptors (Lipinski definition) is 2. The number of primary amides is 1. The Labute approximate surface area is 83.3 Å². The summed E-state index contributed by atoms with van der Waals surface area (Å²) >= 11 is 0. The number of carbonyl (C=O) groups excluding carboxylic acids is 1. The van der Waals surface area contributed by atoms with Crippen LogP contribution >= 0.6 is 0 Å². The van der Waals surface area contributed by atoms with Gasteiger partial charge in [0, 0.05) is 6.54 Å². The predicted molar refractivity (Wildman–Crippen MR) is 54.7 cm³/mol. The molecule has 1 aromatic carbocycles. The van der Waals surface area contributed by atoms with Crippen molar-refractivity contribution in [3.05, 3.63) is 34.9 Å². The van der Waals surface area contributed by atoms with E-state index in [4.69, 9.17) is 5.73 Å². The molecule has 0 saturated carbocycles. The van der Waals surface area contributed by atoms with Crippen LogP contribution in [0.2, 0.25) is 0 Å². The lowest BCUT2D eigenvalue weighted by molar-refractivity contribution is -0.120. The van der Waals surface area contributed by atoms with E-state index < -0.39 is 0 Å². The summed E-state index contributed by atoms with van der Waals surface area (Å²) < 4.78 is 0. The van der Waals surface area contributed by atoms with E-state index in [-0.39, 0.29) is 11.9 Å². The molecule has 3 nitrogen and oxygen atoms in total. The molecule has 3 N–H and O–H groups in total. The van der Waals surface area contributed by atoms with Crippen molar-refractivity contribution in [3.63, 3.8) is 0 Å². The highest BCUT2D eigenvalue weighted by Gasteiger charge is 2.21. The highest BCUT2D eigenvalue weighted by molar-refractivity contribution is 5.80.